The fourth-order valence-electron chi connectivity index (χ4n) is 3.46. The number of aromatic nitrogens is 4. The fraction of sp³-hybridized carbons (Fsp3) is 0.368. The van der Waals surface area contributed by atoms with E-state index in [4.69, 9.17) is 0 Å². The minimum absolute atomic E-state index is 0.112. The molecule has 134 valence electrons. The predicted molar refractivity (Wildman–Crippen MR) is 97.0 cm³/mol. The highest BCUT2D eigenvalue weighted by atomic mass is 16.3. The lowest BCUT2D eigenvalue weighted by Crippen LogP contribution is -2.36. The van der Waals surface area contributed by atoms with Crippen LogP contribution in [0.15, 0.2) is 36.5 Å². The van der Waals surface area contributed by atoms with Gasteiger partial charge in [0.05, 0.1) is 12.2 Å². The van der Waals surface area contributed by atoms with Crippen molar-refractivity contribution < 1.29 is 9.90 Å². The number of rotatable bonds is 3. The van der Waals surface area contributed by atoms with Crippen LogP contribution in [0.2, 0.25) is 0 Å². The van der Waals surface area contributed by atoms with E-state index in [1.165, 1.54) is 6.20 Å². The molecule has 1 aromatic carbocycles. The molecule has 3 heterocycles. The lowest BCUT2D eigenvalue weighted by Gasteiger charge is -2.26. The molecule has 0 saturated carbocycles. The third kappa shape index (κ3) is 2.89. The average Bonchev–Trinajstić information content (AvgIpc) is 3.03. The van der Waals surface area contributed by atoms with E-state index in [1.807, 2.05) is 42.2 Å². The molecule has 4 rings (SSSR count). The second kappa shape index (κ2) is 6.74. The van der Waals surface area contributed by atoms with Gasteiger partial charge in [-0.15, -0.1) is 0 Å². The normalized spacial score (nSPS) is 16.0. The van der Waals surface area contributed by atoms with Crippen molar-refractivity contribution in [1.29, 1.82) is 0 Å². The van der Waals surface area contributed by atoms with E-state index in [2.05, 4.69) is 15.0 Å². The van der Waals surface area contributed by atoms with E-state index in [1.54, 1.807) is 4.57 Å². The van der Waals surface area contributed by atoms with Crippen molar-refractivity contribution >= 4 is 17.2 Å². The zero-order chi connectivity index (χ0) is 18.1. The Morgan fingerprint density at radius 1 is 1.12 bits per heavy atom. The summed E-state index contributed by atoms with van der Waals surface area (Å²) < 4.78 is 1.62. The molecule has 1 amide bonds. The Morgan fingerprint density at radius 3 is 2.58 bits per heavy atom. The third-order valence-electron chi connectivity index (χ3n) is 4.92. The van der Waals surface area contributed by atoms with Gasteiger partial charge in [0.2, 0.25) is 5.65 Å². The van der Waals surface area contributed by atoms with Crippen LogP contribution in [0.5, 0.6) is 6.01 Å². The molecule has 1 atom stereocenters. The minimum Gasteiger partial charge on any atom is -0.480 e. The summed E-state index contributed by atoms with van der Waals surface area (Å²) in [4.78, 5) is 27.4. The lowest BCUT2D eigenvalue weighted by atomic mass is 10.1. The number of aromatic hydroxyl groups is 1. The molecule has 0 aliphatic carbocycles. The highest BCUT2D eigenvalue weighted by Crippen LogP contribution is 2.27. The monoisotopic (exact) mass is 351 g/mol. The molecular weight excluding hydrogens is 330 g/mol. The van der Waals surface area contributed by atoms with E-state index in [-0.39, 0.29) is 18.0 Å². The molecule has 1 aliphatic heterocycles. The molecule has 2 aromatic heterocycles. The van der Waals surface area contributed by atoms with Gasteiger partial charge in [0.1, 0.15) is 5.69 Å². The molecular formula is C19H21N5O2. The van der Waals surface area contributed by atoms with Crippen LogP contribution in [0.25, 0.3) is 11.3 Å². The zero-order valence-corrected chi connectivity index (χ0v) is 14.7. The van der Waals surface area contributed by atoms with Crippen LogP contribution in [0, 0.1) is 0 Å². The molecule has 0 bridgehead atoms. The predicted octanol–water partition coefficient (Wildman–Crippen LogP) is 2.77. The quantitative estimate of drug-likeness (QED) is 0.784. The third-order valence-corrected chi connectivity index (χ3v) is 4.92. The lowest BCUT2D eigenvalue weighted by molar-refractivity contribution is 0.0718. The highest BCUT2D eigenvalue weighted by molar-refractivity contribution is 5.93. The number of nitrogens with zero attached hydrogens (tertiary/aromatic N) is 5. The van der Waals surface area contributed by atoms with Gasteiger partial charge in [-0.25, -0.2) is 9.97 Å². The first-order chi connectivity index (χ1) is 12.6. The number of carbonyl (C=O) groups excluding carboxylic acids is 1. The standard InChI is InChI=1S/C19H21N5O2/c1-13(14-8-4-2-5-9-14)24-17-16(22-19(24)26)20-12-15(21-17)18(25)23-10-6-3-7-11-23/h2,4-5,8-9,12-13H,3,6-7,10-11H2,1H3,(H,20,22,26). The van der Waals surface area contributed by atoms with Gasteiger partial charge in [-0.1, -0.05) is 30.3 Å². The summed E-state index contributed by atoms with van der Waals surface area (Å²) in [6, 6.07) is 9.45. The first-order valence-corrected chi connectivity index (χ1v) is 8.93. The molecule has 0 radical (unpaired) electrons. The summed E-state index contributed by atoms with van der Waals surface area (Å²) >= 11 is 0. The van der Waals surface area contributed by atoms with E-state index in [0.717, 1.165) is 37.9 Å². The first-order valence-electron chi connectivity index (χ1n) is 8.93. The van der Waals surface area contributed by atoms with Crippen LogP contribution in [0.4, 0.5) is 0 Å². The van der Waals surface area contributed by atoms with Gasteiger partial charge in [0.15, 0.2) is 5.65 Å². The highest BCUT2D eigenvalue weighted by Gasteiger charge is 2.23. The first kappa shape index (κ1) is 16.5. The largest absolute Gasteiger partial charge is 0.480 e. The van der Waals surface area contributed by atoms with Crippen molar-refractivity contribution in [1.82, 2.24) is 24.4 Å². The van der Waals surface area contributed by atoms with Gasteiger partial charge < -0.3 is 10.0 Å². The molecule has 1 aliphatic rings. The second-order valence-corrected chi connectivity index (χ2v) is 6.62. The van der Waals surface area contributed by atoms with E-state index >= 15 is 0 Å². The Morgan fingerprint density at radius 2 is 1.85 bits per heavy atom. The number of hydrogen-bond acceptors (Lipinski definition) is 5. The maximum absolute atomic E-state index is 12.7. The van der Waals surface area contributed by atoms with E-state index < -0.39 is 0 Å². The maximum Gasteiger partial charge on any atom is 0.298 e. The van der Waals surface area contributed by atoms with Crippen LogP contribution < -0.4 is 0 Å². The molecule has 7 nitrogen and oxygen atoms in total. The van der Waals surface area contributed by atoms with Crippen molar-refractivity contribution in [2.75, 3.05) is 13.1 Å². The van der Waals surface area contributed by atoms with Crippen LogP contribution in [-0.2, 0) is 0 Å². The van der Waals surface area contributed by atoms with E-state index in [0.29, 0.717) is 17.0 Å². The van der Waals surface area contributed by atoms with Crippen molar-refractivity contribution in [2.45, 2.75) is 32.2 Å². The van der Waals surface area contributed by atoms with Crippen molar-refractivity contribution in [2.24, 2.45) is 0 Å². The smallest absolute Gasteiger partial charge is 0.298 e. The van der Waals surface area contributed by atoms with Crippen LogP contribution in [-0.4, -0.2) is 48.5 Å². The topological polar surface area (TPSA) is 84.1 Å². The number of fused-ring (bicyclic) bond motifs is 1. The molecule has 1 unspecified atom stereocenters. The molecule has 0 spiro atoms. The Labute approximate surface area is 151 Å². The van der Waals surface area contributed by atoms with Crippen LogP contribution in [0.3, 0.4) is 0 Å². The second-order valence-electron chi connectivity index (χ2n) is 6.62. The molecule has 3 aromatic rings. The Hall–Kier alpha value is -2.96. The van der Waals surface area contributed by atoms with Gasteiger partial charge in [-0.05, 0) is 31.7 Å². The minimum atomic E-state index is -0.184. The maximum atomic E-state index is 12.7. The van der Waals surface area contributed by atoms with Crippen molar-refractivity contribution in [3.63, 3.8) is 0 Å². The number of likely N-dealkylation sites (tertiary alicyclic amines) is 1. The SMILES string of the molecule is CC(c1ccccc1)n1c(O)nc2ncc(C(=O)N3CCCCC3)nc21. The average molecular weight is 351 g/mol. The van der Waals surface area contributed by atoms with Gasteiger partial charge in [0.25, 0.3) is 11.9 Å². The summed E-state index contributed by atoms with van der Waals surface area (Å²) in [5.41, 5.74) is 2.06. The van der Waals surface area contributed by atoms with Gasteiger partial charge >= 0.3 is 0 Å². The molecule has 1 fully saturated rings. The number of imidazole rings is 1. The summed E-state index contributed by atoms with van der Waals surface area (Å²) in [6.07, 6.45) is 4.64. The number of piperidine rings is 1. The number of carbonyl (C=O) groups is 1. The van der Waals surface area contributed by atoms with Crippen molar-refractivity contribution in [3.8, 4) is 6.01 Å². The summed E-state index contributed by atoms with van der Waals surface area (Å²) in [5, 5.41) is 10.3. The Balaban J connectivity index is 1.74. The number of benzene rings is 1. The Kier molecular flexibility index (Phi) is 4.28. The van der Waals surface area contributed by atoms with Gasteiger partial charge in [0, 0.05) is 13.1 Å². The molecule has 26 heavy (non-hydrogen) atoms. The zero-order valence-electron chi connectivity index (χ0n) is 14.7. The van der Waals surface area contributed by atoms with Crippen molar-refractivity contribution in [3.05, 3.63) is 47.8 Å². The van der Waals surface area contributed by atoms with E-state index in [9.17, 15) is 9.90 Å². The summed E-state index contributed by atoms with van der Waals surface area (Å²) in [5.74, 6) is -0.112. The van der Waals surface area contributed by atoms with Gasteiger partial charge in [-0.3, -0.25) is 9.36 Å². The number of amides is 1. The molecule has 7 heteroatoms. The van der Waals surface area contributed by atoms with Crippen LogP contribution >= 0.6 is 0 Å². The fourth-order valence-corrected chi connectivity index (χ4v) is 3.46. The number of hydrogen-bond donors (Lipinski definition) is 1. The molecule has 1 N–H and O–H groups in total. The van der Waals surface area contributed by atoms with Gasteiger partial charge in [-0.2, -0.15) is 4.98 Å². The Bertz CT molecular complexity index is 932. The summed E-state index contributed by atoms with van der Waals surface area (Å²) in [7, 11) is 0. The molecule has 1 saturated heterocycles. The van der Waals surface area contributed by atoms with Crippen LogP contribution in [0.1, 0.15) is 48.3 Å². The summed E-state index contributed by atoms with van der Waals surface area (Å²) in [6.45, 7) is 3.46.